The molecule has 5 rings (SSSR count). The topological polar surface area (TPSA) is 85.1 Å². The monoisotopic (exact) mass is 429 g/mol. The van der Waals surface area contributed by atoms with Gasteiger partial charge in [-0.25, -0.2) is 9.07 Å². The number of halogens is 1. The van der Waals surface area contributed by atoms with Gasteiger partial charge in [-0.15, -0.1) is 5.10 Å². The van der Waals surface area contributed by atoms with E-state index >= 15 is 0 Å². The Morgan fingerprint density at radius 1 is 1.23 bits per heavy atom. The number of hydrogen-bond donors (Lipinski definition) is 2. The third-order valence-corrected chi connectivity index (χ3v) is 6.75. The van der Waals surface area contributed by atoms with Crippen LogP contribution in [0.4, 0.5) is 4.39 Å². The van der Waals surface area contributed by atoms with E-state index in [1.54, 1.807) is 16.8 Å². The molecule has 158 valence electrons. The molecule has 1 aromatic carbocycles. The number of aryl methyl sites for hydroxylation is 1. The quantitative estimate of drug-likeness (QED) is 0.659. The van der Waals surface area contributed by atoms with Gasteiger partial charge in [0, 0.05) is 30.8 Å². The second-order valence-corrected chi connectivity index (χ2v) is 9.30. The van der Waals surface area contributed by atoms with Gasteiger partial charge in [0.25, 0.3) is 5.19 Å². The van der Waals surface area contributed by atoms with Crippen molar-refractivity contribution in [1.29, 1.82) is 0 Å². The maximum absolute atomic E-state index is 14.9. The number of benzene rings is 1. The van der Waals surface area contributed by atoms with Crippen molar-refractivity contribution in [1.82, 2.24) is 25.3 Å². The molecule has 30 heavy (non-hydrogen) atoms. The number of hydrogen-bond acceptors (Lipinski definition) is 7. The number of nitrogens with one attached hydrogen (secondary N) is 1. The molecule has 2 aromatic heterocycles. The molecule has 2 saturated heterocycles. The van der Waals surface area contributed by atoms with Crippen molar-refractivity contribution in [2.24, 2.45) is 5.92 Å². The summed E-state index contributed by atoms with van der Waals surface area (Å²) in [4.78, 5) is 0. The lowest BCUT2D eigenvalue weighted by atomic mass is 9.79. The van der Waals surface area contributed by atoms with Crippen LogP contribution in [0, 0.1) is 12.8 Å². The second kappa shape index (κ2) is 7.63. The highest BCUT2D eigenvalue weighted by Gasteiger charge is 2.43. The Kier molecular flexibility index (Phi) is 4.94. The Morgan fingerprint density at radius 3 is 2.87 bits per heavy atom. The Morgan fingerprint density at radius 2 is 2.10 bits per heavy atom. The zero-order valence-corrected chi connectivity index (χ0v) is 17.6. The van der Waals surface area contributed by atoms with E-state index in [1.165, 1.54) is 11.3 Å². The van der Waals surface area contributed by atoms with Gasteiger partial charge in [0.05, 0.1) is 16.9 Å². The number of nitrogens with zero attached hydrogens (tertiary/aromatic N) is 4. The Bertz CT molecular complexity index is 1050. The minimum absolute atomic E-state index is 0.0807. The van der Waals surface area contributed by atoms with E-state index in [4.69, 9.17) is 4.74 Å². The molecule has 2 N–H and O–H groups in total. The largest absolute Gasteiger partial charge is 0.507 e. The minimum atomic E-state index is -1.07. The number of phenolic OH excluding ortho intramolecular Hbond substituents is 1. The molecule has 5 atom stereocenters. The summed E-state index contributed by atoms with van der Waals surface area (Å²) in [5, 5.41) is 27.3. The van der Waals surface area contributed by atoms with E-state index in [0.717, 1.165) is 24.2 Å². The van der Waals surface area contributed by atoms with Crippen molar-refractivity contribution in [2.45, 2.75) is 57.5 Å². The van der Waals surface area contributed by atoms with Crippen LogP contribution >= 0.6 is 11.3 Å². The molecule has 2 aliphatic rings. The average Bonchev–Trinajstić information content (AvgIpc) is 3.34. The fourth-order valence-electron chi connectivity index (χ4n) is 4.52. The van der Waals surface area contributed by atoms with Gasteiger partial charge in [0.15, 0.2) is 11.2 Å². The van der Waals surface area contributed by atoms with E-state index in [-0.39, 0.29) is 17.8 Å². The average molecular weight is 430 g/mol. The van der Waals surface area contributed by atoms with Crippen molar-refractivity contribution < 1.29 is 14.2 Å². The lowest BCUT2D eigenvalue weighted by Crippen LogP contribution is -2.60. The molecule has 0 saturated carbocycles. The minimum Gasteiger partial charge on any atom is -0.507 e. The highest BCUT2D eigenvalue weighted by molar-refractivity contribution is 7.16. The molecule has 0 radical (unpaired) electrons. The number of ether oxygens (including phenoxy) is 1. The van der Waals surface area contributed by atoms with Crippen LogP contribution in [0.3, 0.4) is 0 Å². The predicted molar refractivity (Wildman–Crippen MR) is 112 cm³/mol. The van der Waals surface area contributed by atoms with Gasteiger partial charge in [-0.3, -0.25) is 0 Å². The molecule has 4 heterocycles. The van der Waals surface area contributed by atoms with E-state index in [0.29, 0.717) is 28.1 Å². The molecule has 2 bridgehead atoms. The van der Waals surface area contributed by atoms with E-state index < -0.39 is 12.3 Å². The maximum Gasteiger partial charge on any atom is 0.294 e. The maximum atomic E-state index is 14.9. The molecule has 0 spiro atoms. The van der Waals surface area contributed by atoms with Crippen molar-refractivity contribution >= 4 is 11.3 Å². The third kappa shape index (κ3) is 3.67. The van der Waals surface area contributed by atoms with Crippen LogP contribution in [0.2, 0.25) is 0 Å². The summed E-state index contributed by atoms with van der Waals surface area (Å²) in [5.41, 5.74) is 2.20. The molecule has 9 heteroatoms. The van der Waals surface area contributed by atoms with Crippen LogP contribution in [0.25, 0.3) is 16.3 Å². The fraction of sp³-hybridized carbons (Fsp3) is 0.476. The molecule has 2 fully saturated rings. The van der Waals surface area contributed by atoms with Crippen LogP contribution < -0.4 is 10.1 Å². The summed E-state index contributed by atoms with van der Waals surface area (Å²) in [6.45, 7) is 4.09. The molecule has 5 unspecified atom stereocenters. The Hall–Kier alpha value is -2.52. The van der Waals surface area contributed by atoms with Crippen molar-refractivity contribution in [3.05, 3.63) is 36.2 Å². The number of aromatic nitrogens is 4. The lowest BCUT2D eigenvalue weighted by Gasteiger charge is -2.44. The predicted octanol–water partition coefficient (Wildman–Crippen LogP) is 3.65. The molecule has 7 nitrogen and oxygen atoms in total. The number of rotatable bonds is 4. The van der Waals surface area contributed by atoms with E-state index in [9.17, 15) is 9.50 Å². The standard InChI is InChI=1S/C21H24FN5O2S/c1-11-7-13-9-18(19(22)16(8-11)23-13)29-21-25-24-20(30-21)15-4-3-14(10-17(15)28)27-6-5-12(2)26-27/h3-6,10-11,13,16,18-19,23,28H,7-9H2,1-2H3. The smallest absolute Gasteiger partial charge is 0.294 e. The number of phenols is 1. The van der Waals surface area contributed by atoms with Gasteiger partial charge in [-0.1, -0.05) is 23.4 Å². The molecular formula is C21H24FN5O2S. The van der Waals surface area contributed by atoms with Crippen molar-refractivity contribution in [3.8, 4) is 27.2 Å². The summed E-state index contributed by atoms with van der Waals surface area (Å²) in [6.07, 6.45) is 2.74. The fourth-order valence-corrected chi connectivity index (χ4v) is 5.30. The summed E-state index contributed by atoms with van der Waals surface area (Å²) in [6, 6.07) is 7.29. The summed E-state index contributed by atoms with van der Waals surface area (Å²) in [5.74, 6) is 0.613. The first-order valence-electron chi connectivity index (χ1n) is 10.2. The number of alkyl halides is 1. The van der Waals surface area contributed by atoms with Crippen LogP contribution in [0.1, 0.15) is 31.9 Å². The van der Waals surface area contributed by atoms with Gasteiger partial charge in [-0.2, -0.15) is 5.10 Å². The van der Waals surface area contributed by atoms with Gasteiger partial charge < -0.3 is 15.2 Å². The van der Waals surface area contributed by atoms with Crippen LogP contribution in [0.5, 0.6) is 10.9 Å². The molecular weight excluding hydrogens is 405 g/mol. The zero-order valence-electron chi connectivity index (χ0n) is 16.8. The molecule has 3 aromatic rings. The number of piperidine rings is 2. The first kappa shape index (κ1) is 19.4. The van der Waals surface area contributed by atoms with Gasteiger partial charge in [0.1, 0.15) is 11.9 Å². The number of fused-ring (bicyclic) bond motifs is 2. The van der Waals surface area contributed by atoms with Crippen molar-refractivity contribution in [3.63, 3.8) is 0 Å². The van der Waals surface area contributed by atoms with Gasteiger partial charge >= 0.3 is 0 Å². The highest BCUT2D eigenvalue weighted by Crippen LogP contribution is 2.37. The molecule has 0 amide bonds. The third-order valence-electron chi connectivity index (χ3n) is 5.91. The zero-order chi connectivity index (χ0) is 20.8. The molecule has 2 aliphatic heterocycles. The lowest BCUT2D eigenvalue weighted by molar-refractivity contribution is -0.00145. The van der Waals surface area contributed by atoms with Gasteiger partial charge in [-0.05, 0) is 43.9 Å². The normalized spacial score (nSPS) is 28.4. The van der Waals surface area contributed by atoms with Crippen molar-refractivity contribution in [2.75, 3.05) is 0 Å². The van der Waals surface area contributed by atoms with Crippen LogP contribution in [0.15, 0.2) is 30.5 Å². The summed E-state index contributed by atoms with van der Waals surface area (Å²) in [7, 11) is 0. The number of aromatic hydroxyl groups is 1. The first-order valence-corrected chi connectivity index (χ1v) is 11.0. The second-order valence-electron chi connectivity index (χ2n) is 8.36. The Balaban J connectivity index is 1.32. The first-order chi connectivity index (χ1) is 14.5. The van der Waals surface area contributed by atoms with Crippen LogP contribution in [-0.2, 0) is 0 Å². The summed E-state index contributed by atoms with van der Waals surface area (Å²) >= 11 is 1.22. The van der Waals surface area contributed by atoms with E-state index in [1.807, 2.05) is 25.3 Å². The Labute approximate surface area is 177 Å². The van der Waals surface area contributed by atoms with E-state index in [2.05, 4.69) is 27.5 Å². The van der Waals surface area contributed by atoms with Gasteiger partial charge in [0.2, 0.25) is 0 Å². The molecule has 0 aliphatic carbocycles. The SMILES string of the molecule is Cc1ccn(-c2ccc(-c3nnc(OC4CC5CC(C)CC(N5)C4F)s3)c(O)c2)n1. The summed E-state index contributed by atoms with van der Waals surface area (Å²) < 4.78 is 22.5. The highest BCUT2D eigenvalue weighted by atomic mass is 32.1. The van der Waals surface area contributed by atoms with Crippen LogP contribution in [-0.4, -0.2) is 49.4 Å².